The molecule has 0 spiro atoms. The third kappa shape index (κ3) is 2.56. The first-order chi connectivity index (χ1) is 7.31. The lowest BCUT2D eigenvalue weighted by molar-refractivity contribution is 0.00331. The Balaban J connectivity index is 2.13. The van der Waals surface area contributed by atoms with Crippen LogP contribution in [0.25, 0.3) is 0 Å². The van der Waals surface area contributed by atoms with Gasteiger partial charge in [0.25, 0.3) is 0 Å². The number of halogens is 1. The van der Waals surface area contributed by atoms with Gasteiger partial charge in [0.15, 0.2) is 0 Å². The van der Waals surface area contributed by atoms with Crippen LogP contribution in [0.3, 0.4) is 0 Å². The molecule has 0 aromatic carbocycles. The summed E-state index contributed by atoms with van der Waals surface area (Å²) in [5, 5.41) is 9.04. The number of rotatable bonds is 2. The first-order valence-corrected chi connectivity index (χ1v) is 5.82. The van der Waals surface area contributed by atoms with E-state index in [0.29, 0.717) is 13.2 Å². The molecule has 1 N–H and O–H groups in total. The van der Waals surface area contributed by atoms with Gasteiger partial charge in [-0.3, -0.25) is 0 Å². The second-order valence-electron chi connectivity index (χ2n) is 3.32. The molecule has 1 unspecified atom stereocenters. The van der Waals surface area contributed by atoms with Crippen molar-refractivity contribution in [2.45, 2.75) is 6.10 Å². The summed E-state index contributed by atoms with van der Waals surface area (Å²) in [4.78, 5) is 10.3. The van der Waals surface area contributed by atoms with Gasteiger partial charge in [0.2, 0.25) is 0 Å². The van der Waals surface area contributed by atoms with E-state index in [9.17, 15) is 0 Å². The fraction of sp³-hybridized carbons (Fsp3) is 0.556. The van der Waals surface area contributed by atoms with E-state index in [4.69, 9.17) is 9.84 Å². The molecule has 1 aromatic heterocycles. The molecule has 82 valence electrons. The molecule has 0 bridgehead atoms. The first-order valence-electron chi connectivity index (χ1n) is 4.74. The van der Waals surface area contributed by atoms with Crippen LogP contribution in [0.2, 0.25) is 0 Å². The molecule has 1 atom stereocenters. The first kappa shape index (κ1) is 11.0. The molecule has 1 aliphatic heterocycles. The highest BCUT2D eigenvalue weighted by Crippen LogP contribution is 2.20. The average molecular weight is 321 g/mol. The monoisotopic (exact) mass is 321 g/mol. The fourth-order valence-electron chi connectivity index (χ4n) is 1.56. The van der Waals surface area contributed by atoms with Gasteiger partial charge in [-0.1, -0.05) is 0 Å². The minimum atomic E-state index is -0.107. The number of anilines is 1. The molecule has 2 heterocycles. The standard InChI is InChI=1S/C9H12IN3O2/c10-8-3-11-6-12-9(8)13-1-2-15-7(4-13)5-14/h3,6-7,14H,1-2,4-5H2. The minimum absolute atomic E-state index is 0.0537. The predicted octanol–water partition coefficient (Wildman–Crippen LogP) is 0.279. The zero-order chi connectivity index (χ0) is 10.7. The van der Waals surface area contributed by atoms with Crippen molar-refractivity contribution < 1.29 is 9.84 Å². The highest BCUT2D eigenvalue weighted by molar-refractivity contribution is 14.1. The highest BCUT2D eigenvalue weighted by atomic mass is 127. The van der Waals surface area contributed by atoms with Crippen LogP contribution in [0.1, 0.15) is 0 Å². The maximum atomic E-state index is 9.04. The molecule has 0 saturated carbocycles. The number of aliphatic hydroxyl groups excluding tert-OH is 1. The molecule has 6 heteroatoms. The Morgan fingerprint density at radius 2 is 2.53 bits per heavy atom. The van der Waals surface area contributed by atoms with Crippen molar-refractivity contribution in [1.29, 1.82) is 0 Å². The van der Waals surface area contributed by atoms with E-state index >= 15 is 0 Å². The van der Waals surface area contributed by atoms with Crippen molar-refractivity contribution in [2.24, 2.45) is 0 Å². The van der Waals surface area contributed by atoms with Crippen molar-refractivity contribution in [3.05, 3.63) is 16.1 Å². The van der Waals surface area contributed by atoms with E-state index in [0.717, 1.165) is 15.9 Å². The van der Waals surface area contributed by atoms with Gasteiger partial charge in [0, 0.05) is 19.3 Å². The fourth-order valence-corrected chi connectivity index (χ4v) is 2.20. The minimum Gasteiger partial charge on any atom is -0.394 e. The Morgan fingerprint density at radius 1 is 1.67 bits per heavy atom. The predicted molar refractivity (Wildman–Crippen MR) is 63.8 cm³/mol. The van der Waals surface area contributed by atoms with Crippen molar-refractivity contribution in [2.75, 3.05) is 31.2 Å². The zero-order valence-electron chi connectivity index (χ0n) is 8.14. The van der Waals surface area contributed by atoms with Gasteiger partial charge >= 0.3 is 0 Å². The molecule has 1 aliphatic rings. The third-order valence-corrected chi connectivity index (χ3v) is 3.05. The molecule has 2 rings (SSSR count). The van der Waals surface area contributed by atoms with Gasteiger partial charge < -0.3 is 14.7 Å². The Bertz CT molecular complexity index is 337. The van der Waals surface area contributed by atoms with Crippen molar-refractivity contribution in [3.63, 3.8) is 0 Å². The third-order valence-electron chi connectivity index (χ3n) is 2.29. The van der Waals surface area contributed by atoms with Gasteiger partial charge in [-0.05, 0) is 22.6 Å². The lowest BCUT2D eigenvalue weighted by Gasteiger charge is -2.33. The lowest BCUT2D eigenvalue weighted by atomic mass is 10.3. The summed E-state index contributed by atoms with van der Waals surface area (Å²) in [6.45, 7) is 2.18. The highest BCUT2D eigenvalue weighted by Gasteiger charge is 2.21. The van der Waals surface area contributed by atoms with Gasteiger partial charge in [0.05, 0.1) is 22.9 Å². The van der Waals surface area contributed by atoms with Gasteiger partial charge in [-0.25, -0.2) is 9.97 Å². The quantitative estimate of drug-likeness (QED) is 0.793. The van der Waals surface area contributed by atoms with Crippen molar-refractivity contribution in [1.82, 2.24) is 9.97 Å². The Hall–Kier alpha value is -0.470. The normalized spacial score (nSPS) is 21.7. The number of hydrogen-bond acceptors (Lipinski definition) is 5. The van der Waals surface area contributed by atoms with Crippen LogP contribution in [0.15, 0.2) is 12.5 Å². The SMILES string of the molecule is OCC1CN(c2ncncc2I)CCO1. The van der Waals surface area contributed by atoms with Crippen LogP contribution in [-0.2, 0) is 4.74 Å². The average Bonchev–Trinajstić information content (AvgIpc) is 2.30. The molecular formula is C9H12IN3O2. The molecular weight excluding hydrogens is 309 g/mol. The van der Waals surface area contributed by atoms with Crippen LogP contribution in [0.4, 0.5) is 5.82 Å². The van der Waals surface area contributed by atoms with Crippen LogP contribution >= 0.6 is 22.6 Å². The number of hydrogen-bond donors (Lipinski definition) is 1. The van der Waals surface area contributed by atoms with Gasteiger partial charge in [-0.15, -0.1) is 0 Å². The van der Waals surface area contributed by atoms with E-state index in [1.54, 1.807) is 12.5 Å². The van der Waals surface area contributed by atoms with Crippen molar-refractivity contribution >= 4 is 28.4 Å². The van der Waals surface area contributed by atoms with Crippen LogP contribution in [0.5, 0.6) is 0 Å². The Kier molecular flexibility index (Phi) is 3.71. The molecule has 0 amide bonds. The maximum absolute atomic E-state index is 9.04. The summed E-state index contributed by atoms with van der Waals surface area (Å²) < 4.78 is 6.40. The van der Waals surface area contributed by atoms with Gasteiger partial charge in [0.1, 0.15) is 12.1 Å². The number of morpholine rings is 1. The second kappa shape index (κ2) is 5.04. The smallest absolute Gasteiger partial charge is 0.145 e. The topological polar surface area (TPSA) is 58.5 Å². The maximum Gasteiger partial charge on any atom is 0.145 e. The van der Waals surface area contributed by atoms with E-state index in [1.807, 2.05) is 0 Å². The van der Waals surface area contributed by atoms with Gasteiger partial charge in [-0.2, -0.15) is 0 Å². The summed E-state index contributed by atoms with van der Waals surface area (Å²) in [6.07, 6.45) is 3.22. The number of aliphatic hydroxyl groups is 1. The Morgan fingerprint density at radius 3 is 3.27 bits per heavy atom. The molecule has 5 nitrogen and oxygen atoms in total. The van der Waals surface area contributed by atoms with Crippen LogP contribution in [0, 0.1) is 3.57 Å². The van der Waals surface area contributed by atoms with E-state index < -0.39 is 0 Å². The summed E-state index contributed by atoms with van der Waals surface area (Å²) in [6, 6.07) is 0. The summed E-state index contributed by atoms with van der Waals surface area (Å²) >= 11 is 2.21. The zero-order valence-corrected chi connectivity index (χ0v) is 10.3. The number of aromatic nitrogens is 2. The van der Waals surface area contributed by atoms with Crippen molar-refractivity contribution in [3.8, 4) is 0 Å². The molecule has 1 aromatic rings. The largest absolute Gasteiger partial charge is 0.394 e. The summed E-state index contributed by atoms with van der Waals surface area (Å²) in [7, 11) is 0. The van der Waals surface area contributed by atoms with E-state index in [-0.39, 0.29) is 12.7 Å². The van der Waals surface area contributed by atoms with E-state index in [1.165, 1.54) is 0 Å². The molecule has 0 radical (unpaired) electrons. The molecule has 0 aliphatic carbocycles. The Labute approximate surface area is 102 Å². The molecule has 1 saturated heterocycles. The number of nitrogens with zero attached hydrogens (tertiary/aromatic N) is 3. The van der Waals surface area contributed by atoms with E-state index in [2.05, 4.69) is 37.5 Å². The number of ether oxygens (including phenoxy) is 1. The second-order valence-corrected chi connectivity index (χ2v) is 4.48. The van der Waals surface area contributed by atoms with Crippen LogP contribution < -0.4 is 4.90 Å². The summed E-state index contributed by atoms with van der Waals surface area (Å²) in [5.41, 5.74) is 0. The summed E-state index contributed by atoms with van der Waals surface area (Å²) in [5.74, 6) is 0.923. The lowest BCUT2D eigenvalue weighted by Crippen LogP contribution is -2.44. The molecule has 1 fully saturated rings. The molecule has 15 heavy (non-hydrogen) atoms. The van der Waals surface area contributed by atoms with Crippen LogP contribution in [-0.4, -0.2) is 47.5 Å².